The summed E-state index contributed by atoms with van der Waals surface area (Å²) < 4.78 is 0.913. The van der Waals surface area contributed by atoms with Gasteiger partial charge in [-0.3, -0.25) is 4.79 Å². The maximum absolute atomic E-state index is 12.3. The van der Waals surface area contributed by atoms with E-state index in [1.54, 1.807) is 6.07 Å². The zero-order chi connectivity index (χ0) is 12.4. The van der Waals surface area contributed by atoms with Gasteiger partial charge in [0.05, 0.1) is 5.02 Å². The summed E-state index contributed by atoms with van der Waals surface area (Å²) >= 11 is 9.47. The van der Waals surface area contributed by atoms with Crippen molar-refractivity contribution in [3.63, 3.8) is 0 Å². The minimum atomic E-state index is 0.171. The lowest BCUT2D eigenvalue weighted by molar-refractivity contribution is 0.0876. The molecule has 1 nitrogen and oxygen atoms in total. The highest BCUT2D eigenvalue weighted by Gasteiger charge is 2.26. The summed E-state index contributed by atoms with van der Waals surface area (Å²) in [7, 11) is 0. The first kappa shape index (κ1) is 13.1. The highest BCUT2D eigenvalue weighted by atomic mass is 79.9. The van der Waals surface area contributed by atoms with Crippen LogP contribution in [0, 0.1) is 11.8 Å². The Hall–Kier alpha value is -0.340. The zero-order valence-electron chi connectivity index (χ0n) is 9.88. The Morgan fingerprint density at radius 1 is 1.29 bits per heavy atom. The third kappa shape index (κ3) is 3.11. The lowest BCUT2D eigenvalue weighted by Crippen LogP contribution is -2.21. The molecule has 0 atom stereocenters. The van der Waals surface area contributed by atoms with Crippen molar-refractivity contribution in [1.82, 2.24) is 0 Å². The molecule has 0 saturated heterocycles. The average Bonchev–Trinajstić information content (AvgIpc) is 2.29. The van der Waals surface area contributed by atoms with Crippen LogP contribution in [0.5, 0.6) is 0 Å². The molecule has 1 aliphatic carbocycles. The Morgan fingerprint density at radius 2 is 1.94 bits per heavy atom. The van der Waals surface area contributed by atoms with Crippen molar-refractivity contribution < 1.29 is 4.79 Å². The second kappa shape index (κ2) is 5.53. The first-order valence-electron chi connectivity index (χ1n) is 6.07. The second-order valence-corrected chi connectivity index (χ2v) is 6.27. The number of rotatable bonds is 2. The molecule has 1 aliphatic rings. The third-order valence-electron chi connectivity index (χ3n) is 3.58. The normalized spacial score (nSPS) is 24.6. The van der Waals surface area contributed by atoms with Gasteiger partial charge in [0.2, 0.25) is 0 Å². The SMILES string of the molecule is CC1CCC(C(=O)c2ccc(Br)cc2Cl)CC1. The van der Waals surface area contributed by atoms with Crippen molar-refractivity contribution in [3.8, 4) is 0 Å². The van der Waals surface area contributed by atoms with Crippen molar-refractivity contribution in [2.24, 2.45) is 11.8 Å². The molecule has 1 aromatic rings. The minimum absolute atomic E-state index is 0.171. The molecule has 0 bridgehead atoms. The monoisotopic (exact) mass is 314 g/mol. The van der Waals surface area contributed by atoms with Crippen LogP contribution < -0.4 is 0 Å². The maximum Gasteiger partial charge on any atom is 0.167 e. The van der Waals surface area contributed by atoms with Gasteiger partial charge in [0.25, 0.3) is 0 Å². The van der Waals surface area contributed by atoms with Crippen LogP contribution in [-0.4, -0.2) is 5.78 Å². The third-order valence-corrected chi connectivity index (χ3v) is 4.39. The van der Waals surface area contributed by atoms with E-state index in [9.17, 15) is 4.79 Å². The Bertz CT molecular complexity index is 422. The van der Waals surface area contributed by atoms with E-state index in [-0.39, 0.29) is 11.7 Å². The van der Waals surface area contributed by atoms with E-state index < -0.39 is 0 Å². The summed E-state index contributed by atoms with van der Waals surface area (Å²) in [6.45, 7) is 2.26. The van der Waals surface area contributed by atoms with Crippen LogP contribution in [0.4, 0.5) is 0 Å². The summed E-state index contributed by atoms with van der Waals surface area (Å²) in [5, 5.41) is 0.558. The topological polar surface area (TPSA) is 17.1 Å². The van der Waals surface area contributed by atoms with E-state index >= 15 is 0 Å². The summed E-state index contributed by atoms with van der Waals surface area (Å²) in [6, 6.07) is 5.50. The Morgan fingerprint density at radius 3 is 2.53 bits per heavy atom. The largest absolute Gasteiger partial charge is 0.294 e. The lowest BCUT2D eigenvalue weighted by Gasteiger charge is -2.25. The van der Waals surface area contributed by atoms with Gasteiger partial charge in [-0.15, -0.1) is 0 Å². The molecule has 0 aromatic heterocycles. The van der Waals surface area contributed by atoms with Crippen LogP contribution in [0.25, 0.3) is 0 Å². The van der Waals surface area contributed by atoms with Crippen molar-refractivity contribution >= 4 is 33.3 Å². The van der Waals surface area contributed by atoms with Crippen LogP contribution >= 0.6 is 27.5 Å². The molecular weight excluding hydrogens is 300 g/mol. The second-order valence-electron chi connectivity index (χ2n) is 4.95. The smallest absolute Gasteiger partial charge is 0.167 e. The molecule has 0 heterocycles. The highest BCUT2D eigenvalue weighted by Crippen LogP contribution is 2.32. The molecular formula is C14H16BrClO. The zero-order valence-corrected chi connectivity index (χ0v) is 12.2. The number of hydrogen-bond donors (Lipinski definition) is 0. The fraction of sp³-hybridized carbons (Fsp3) is 0.500. The van der Waals surface area contributed by atoms with Crippen molar-refractivity contribution in [2.75, 3.05) is 0 Å². The van der Waals surface area contributed by atoms with Crippen molar-refractivity contribution in [1.29, 1.82) is 0 Å². The Labute approximate surface area is 116 Å². The molecule has 0 radical (unpaired) electrons. The standard InChI is InChI=1S/C14H16BrClO/c1-9-2-4-10(5-3-9)14(17)12-7-6-11(15)8-13(12)16/h6-10H,2-5H2,1H3. The maximum atomic E-state index is 12.3. The Balaban J connectivity index is 2.14. The summed E-state index contributed by atoms with van der Waals surface area (Å²) in [5.74, 6) is 1.15. The van der Waals surface area contributed by atoms with E-state index in [0.717, 1.165) is 36.1 Å². The van der Waals surface area contributed by atoms with Crippen LogP contribution in [0.2, 0.25) is 5.02 Å². The van der Waals surface area contributed by atoms with Crippen molar-refractivity contribution in [2.45, 2.75) is 32.6 Å². The Kier molecular flexibility index (Phi) is 4.26. The molecule has 1 saturated carbocycles. The molecule has 0 N–H and O–H groups in total. The molecule has 92 valence electrons. The van der Waals surface area contributed by atoms with Gasteiger partial charge in [-0.1, -0.05) is 47.3 Å². The highest BCUT2D eigenvalue weighted by molar-refractivity contribution is 9.10. The van der Waals surface area contributed by atoms with Gasteiger partial charge >= 0.3 is 0 Å². The van der Waals surface area contributed by atoms with E-state index in [1.165, 1.54) is 0 Å². The number of ketones is 1. The van der Waals surface area contributed by atoms with Gasteiger partial charge < -0.3 is 0 Å². The molecule has 17 heavy (non-hydrogen) atoms. The predicted molar refractivity (Wildman–Crippen MR) is 74.6 cm³/mol. The molecule has 0 spiro atoms. The summed E-state index contributed by atoms with van der Waals surface area (Å²) in [6.07, 6.45) is 4.33. The molecule has 0 unspecified atom stereocenters. The molecule has 3 heteroatoms. The van der Waals surface area contributed by atoms with Gasteiger partial charge in [0, 0.05) is 16.0 Å². The van der Waals surface area contributed by atoms with Gasteiger partial charge in [-0.25, -0.2) is 0 Å². The van der Waals surface area contributed by atoms with Crippen LogP contribution in [-0.2, 0) is 0 Å². The fourth-order valence-electron chi connectivity index (χ4n) is 2.43. The predicted octanol–water partition coefficient (Wildman–Crippen LogP) is 5.11. The van der Waals surface area contributed by atoms with Crippen LogP contribution in [0.1, 0.15) is 43.0 Å². The van der Waals surface area contributed by atoms with E-state index in [0.29, 0.717) is 10.6 Å². The van der Waals surface area contributed by atoms with E-state index in [2.05, 4.69) is 22.9 Å². The fourth-order valence-corrected chi connectivity index (χ4v) is 3.20. The van der Waals surface area contributed by atoms with Gasteiger partial charge in [-0.2, -0.15) is 0 Å². The molecule has 1 aromatic carbocycles. The molecule has 2 rings (SSSR count). The number of carbonyl (C=O) groups excluding carboxylic acids is 1. The number of benzene rings is 1. The van der Waals surface area contributed by atoms with E-state index in [4.69, 9.17) is 11.6 Å². The number of hydrogen-bond acceptors (Lipinski definition) is 1. The van der Waals surface area contributed by atoms with Crippen LogP contribution in [0.15, 0.2) is 22.7 Å². The number of carbonyl (C=O) groups is 1. The van der Waals surface area contributed by atoms with Crippen molar-refractivity contribution in [3.05, 3.63) is 33.3 Å². The summed E-state index contributed by atoms with van der Waals surface area (Å²) in [4.78, 5) is 12.3. The summed E-state index contributed by atoms with van der Waals surface area (Å²) in [5.41, 5.74) is 0.675. The first-order valence-corrected chi connectivity index (χ1v) is 7.24. The van der Waals surface area contributed by atoms with Crippen LogP contribution in [0.3, 0.4) is 0 Å². The quantitative estimate of drug-likeness (QED) is 0.693. The first-order chi connectivity index (χ1) is 8.08. The molecule has 0 amide bonds. The molecule has 0 aliphatic heterocycles. The minimum Gasteiger partial charge on any atom is -0.294 e. The number of halogens is 2. The van der Waals surface area contributed by atoms with Gasteiger partial charge in [0.15, 0.2) is 5.78 Å². The lowest BCUT2D eigenvalue weighted by atomic mass is 9.79. The van der Waals surface area contributed by atoms with Gasteiger partial charge in [0.1, 0.15) is 0 Å². The van der Waals surface area contributed by atoms with Gasteiger partial charge in [-0.05, 0) is 37.0 Å². The average molecular weight is 316 g/mol. The number of Topliss-reactive ketones (excluding diaryl/α,β-unsaturated/α-hetero) is 1. The van der Waals surface area contributed by atoms with E-state index in [1.807, 2.05) is 12.1 Å². The molecule has 1 fully saturated rings.